The van der Waals surface area contributed by atoms with Crippen LogP contribution in [0.5, 0.6) is 5.75 Å². The molecule has 2 aromatic heterocycles. The first-order valence-corrected chi connectivity index (χ1v) is 9.28. The van der Waals surface area contributed by atoms with Gasteiger partial charge in [0.2, 0.25) is 11.7 Å². The molecular formula is C20H19ClN4O3. The number of carbonyl (C=O) groups excluding carboxylic acids is 1. The lowest BCUT2D eigenvalue weighted by molar-refractivity contribution is -0.150. The molecule has 1 aliphatic rings. The van der Waals surface area contributed by atoms with Crippen molar-refractivity contribution in [3.63, 3.8) is 0 Å². The summed E-state index contributed by atoms with van der Waals surface area (Å²) in [6.07, 6.45) is 3.37. The Morgan fingerprint density at radius 3 is 2.68 bits per heavy atom. The molecule has 7 nitrogen and oxygen atoms in total. The molecule has 0 atom stereocenters. The molecule has 144 valence electrons. The van der Waals surface area contributed by atoms with Crippen molar-refractivity contribution in [3.8, 4) is 17.1 Å². The summed E-state index contributed by atoms with van der Waals surface area (Å²) in [7, 11) is 0. The number of hydrogen-bond acceptors (Lipinski definition) is 6. The number of rotatable bonds is 5. The summed E-state index contributed by atoms with van der Waals surface area (Å²) in [6.45, 7) is 4.54. The molecule has 0 aliphatic carbocycles. The normalized spacial score (nSPS) is 14.6. The van der Waals surface area contributed by atoms with E-state index < -0.39 is 5.60 Å². The van der Waals surface area contributed by atoms with Gasteiger partial charge in [0.05, 0.1) is 5.92 Å². The van der Waals surface area contributed by atoms with Crippen LogP contribution < -0.4 is 4.74 Å². The molecule has 1 fully saturated rings. The maximum absolute atomic E-state index is 12.8. The summed E-state index contributed by atoms with van der Waals surface area (Å²) in [5, 5.41) is 4.62. The van der Waals surface area contributed by atoms with Gasteiger partial charge in [-0.05, 0) is 50.2 Å². The number of amides is 1. The summed E-state index contributed by atoms with van der Waals surface area (Å²) in [5.41, 5.74) is -0.198. The number of carbonyl (C=O) groups is 1. The zero-order chi connectivity index (χ0) is 19.7. The third-order valence-electron chi connectivity index (χ3n) is 4.58. The van der Waals surface area contributed by atoms with Crippen molar-refractivity contribution in [2.24, 2.45) is 0 Å². The lowest BCUT2D eigenvalue weighted by Crippen LogP contribution is -2.57. The third-order valence-corrected chi connectivity index (χ3v) is 4.83. The van der Waals surface area contributed by atoms with Gasteiger partial charge in [-0.1, -0.05) is 16.8 Å². The van der Waals surface area contributed by atoms with E-state index >= 15 is 0 Å². The van der Waals surface area contributed by atoms with E-state index in [2.05, 4.69) is 15.1 Å². The quantitative estimate of drug-likeness (QED) is 0.653. The molecule has 1 aromatic carbocycles. The largest absolute Gasteiger partial charge is 0.478 e. The summed E-state index contributed by atoms with van der Waals surface area (Å²) in [4.78, 5) is 23.0. The van der Waals surface area contributed by atoms with E-state index in [1.807, 2.05) is 12.1 Å². The minimum Gasteiger partial charge on any atom is -0.478 e. The molecule has 0 unspecified atom stereocenters. The molecule has 0 saturated carbocycles. The summed E-state index contributed by atoms with van der Waals surface area (Å²) in [5.74, 6) is 1.55. The maximum atomic E-state index is 12.8. The number of benzene rings is 1. The minimum absolute atomic E-state index is 0.0215. The minimum atomic E-state index is -0.992. The summed E-state index contributed by atoms with van der Waals surface area (Å²) < 4.78 is 11.2. The molecule has 0 spiro atoms. The summed E-state index contributed by atoms with van der Waals surface area (Å²) >= 11 is 5.89. The van der Waals surface area contributed by atoms with Crippen molar-refractivity contribution in [3.05, 3.63) is 59.7 Å². The fourth-order valence-corrected chi connectivity index (χ4v) is 3.16. The first-order chi connectivity index (χ1) is 13.4. The summed E-state index contributed by atoms with van der Waals surface area (Å²) in [6, 6.07) is 10.6. The maximum Gasteiger partial charge on any atom is 0.266 e. The molecule has 1 aliphatic heterocycles. The number of nitrogens with zero attached hydrogens (tertiary/aromatic N) is 4. The highest BCUT2D eigenvalue weighted by Crippen LogP contribution is 2.31. The third kappa shape index (κ3) is 3.71. The number of pyridine rings is 1. The van der Waals surface area contributed by atoms with Gasteiger partial charge in [-0.15, -0.1) is 0 Å². The molecule has 28 heavy (non-hydrogen) atoms. The molecule has 1 saturated heterocycles. The lowest BCUT2D eigenvalue weighted by atomic mass is 9.96. The molecule has 4 rings (SSSR count). The van der Waals surface area contributed by atoms with Gasteiger partial charge in [-0.2, -0.15) is 4.98 Å². The number of ether oxygens (including phenoxy) is 1. The first kappa shape index (κ1) is 18.4. The second-order valence-electron chi connectivity index (χ2n) is 7.17. The Hall–Kier alpha value is -2.93. The number of halogens is 1. The van der Waals surface area contributed by atoms with Crippen LogP contribution in [0.2, 0.25) is 5.02 Å². The van der Waals surface area contributed by atoms with Crippen LogP contribution in [0.1, 0.15) is 25.7 Å². The Morgan fingerprint density at radius 2 is 2.00 bits per heavy atom. The average Bonchev–Trinajstić information content (AvgIpc) is 3.12. The fraction of sp³-hybridized carbons (Fsp3) is 0.300. The predicted octanol–water partition coefficient (Wildman–Crippen LogP) is 3.57. The molecule has 0 bridgehead atoms. The van der Waals surface area contributed by atoms with Crippen LogP contribution in [0.25, 0.3) is 11.4 Å². The number of hydrogen-bond donors (Lipinski definition) is 0. The Bertz CT molecular complexity index is 967. The van der Waals surface area contributed by atoms with Crippen molar-refractivity contribution in [2.45, 2.75) is 25.4 Å². The second-order valence-corrected chi connectivity index (χ2v) is 7.61. The second kappa shape index (κ2) is 7.24. The SMILES string of the molecule is CC(C)(Oc1ccc(Cl)cc1)C(=O)N1CC(c2nc(-c3cccnc3)no2)C1. The van der Waals surface area contributed by atoms with Gasteiger partial charge in [0, 0.05) is 36.1 Å². The molecular weight excluding hydrogens is 380 g/mol. The van der Waals surface area contributed by atoms with Gasteiger partial charge < -0.3 is 14.2 Å². The zero-order valence-corrected chi connectivity index (χ0v) is 16.3. The van der Waals surface area contributed by atoms with Crippen LogP contribution in [0.4, 0.5) is 0 Å². The number of likely N-dealkylation sites (tertiary alicyclic amines) is 1. The van der Waals surface area contributed by atoms with E-state index in [0.717, 1.165) is 5.56 Å². The van der Waals surface area contributed by atoms with Crippen LogP contribution in [0, 0.1) is 0 Å². The monoisotopic (exact) mass is 398 g/mol. The van der Waals surface area contributed by atoms with Crippen molar-refractivity contribution < 1.29 is 14.1 Å². The Balaban J connectivity index is 1.37. The highest BCUT2D eigenvalue weighted by molar-refractivity contribution is 6.30. The van der Waals surface area contributed by atoms with E-state index in [-0.39, 0.29) is 11.8 Å². The van der Waals surface area contributed by atoms with Gasteiger partial charge in [-0.3, -0.25) is 9.78 Å². The molecule has 0 N–H and O–H groups in total. The number of aromatic nitrogens is 3. The van der Waals surface area contributed by atoms with Crippen LogP contribution >= 0.6 is 11.6 Å². The lowest BCUT2D eigenvalue weighted by Gasteiger charge is -2.41. The molecule has 0 radical (unpaired) electrons. The van der Waals surface area contributed by atoms with Gasteiger partial charge in [-0.25, -0.2) is 0 Å². The van der Waals surface area contributed by atoms with Crippen LogP contribution in [-0.2, 0) is 4.79 Å². The van der Waals surface area contributed by atoms with Gasteiger partial charge in [0.15, 0.2) is 5.60 Å². The van der Waals surface area contributed by atoms with E-state index in [1.165, 1.54) is 0 Å². The topological polar surface area (TPSA) is 81.4 Å². The van der Waals surface area contributed by atoms with Gasteiger partial charge >= 0.3 is 0 Å². The zero-order valence-electron chi connectivity index (χ0n) is 15.5. The molecule has 3 aromatic rings. The smallest absolute Gasteiger partial charge is 0.266 e. The molecule has 3 heterocycles. The molecule has 1 amide bonds. The Labute approximate surface area is 167 Å². The van der Waals surface area contributed by atoms with Crippen molar-refractivity contribution in [1.29, 1.82) is 0 Å². The van der Waals surface area contributed by atoms with Crippen LogP contribution in [0.15, 0.2) is 53.3 Å². The first-order valence-electron chi connectivity index (χ1n) is 8.90. The van der Waals surface area contributed by atoms with Crippen molar-refractivity contribution in [1.82, 2.24) is 20.0 Å². The van der Waals surface area contributed by atoms with Crippen molar-refractivity contribution in [2.75, 3.05) is 13.1 Å². The van der Waals surface area contributed by atoms with E-state index in [4.69, 9.17) is 20.9 Å². The molecule has 8 heteroatoms. The van der Waals surface area contributed by atoms with Crippen molar-refractivity contribution >= 4 is 17.5 Å². The van der Waals surface area contributed by atoms with Gasteiger partial charge in [0.25, 0.3) is 5.91 Å². The highest BCUT2D eigenvalue weighted by atomic mass is 35.5. The van der Waals surface area contributed by atoms with Crippen LogP contribution in [0.3, 0.4) is 0 Å². The van der Waals surface area contributed by atoms with E-state index in [9.17, 15) is 4.79 Å². The van der Waals surface area contributed by atoms with E-state index in [0.29, 0.717) is 35.6 Å². The average molecular weight is 399 g/mol. The Kier molecular flexibility index (Phi) is 4.77. The highest BCUT2D eigenvalue weighted by Gasteiger charge is 2.42. The van der Waals surface area contributed by atoms with E-state index in [1.54, 1.807) is 55.4 Å². The predicted molar refractivity (Wildman–Crippen MR) is 103 cm³/mol. The Morgan fingerprint density at radius 1 is 1.25 bits per heavy atom. The fourth-order valence-electron chi connectivity index (χ4n) is 3.04. The van der Waals surface area contributed by atoms with Crippen LogP contribution in [-0.4, -0.2) is 44.6 Å². The van der Waals surface area contributed by atoms with Gasteiger partial charge in [0.1, 0.15) is 5.75 Å². The standard InChI is InChI=1S/C20H19ClN4O3/c1-20(2,27-16-7-5-15(21)6-8-16)19(26)25-11-14(12-25)18-23-17(24-28-18)13-4-3-9-22-10-13/h3-10,14H,11-12H2,1-2H3.